The minimum atomic E-state index is -0.0568. The van der Waals surface area contributed by atoms with E-state index in [0.717, 1.165) is 30.6 Å². The Balaban J connectivity index is 1.99. The van der Waals surface area contributed by atoms with Crippen molar-refractivity contribution in [1.82, 2.24) is 4.57 Å². The molecule has 1 aliphatic rings. The van der Waals surface area contributed by atoms with Crippen molar-refractivity contribution in [3.05, 3.63) is 47.8 Å². The number of nitrogens with zero attached hydrogens (tertiary/aromatic N) is 1. The number of nitrogens with one attached hydrogen (secondary N) is 1. The molecular formula is C16H19N3O. The van der Waals surface area contributed by atoms with E-state index < -0.39 is 0 Å². The highest BCUT2D eigenvalue weighted by atomic mass is 16.1. The fourth-order valence-corrected chi connectivity index (χ4v) is 2.91. The second kappa shape index (κ2) is 5.13. The minimum absolute atomic E-state index is 0.0568. The lowest BCUT2D eigenvalue weighted by molar-refractivity contribution is -0.114. The average Bonchev–Trinajstić information content (AvgIpc) is 2.83. The van der Waals surface area contributed by atoms with Gasteiger partial charge in [-0.1, -0.05) is 6.07 Å². The first-order chi connectivity index (χ1) is 9.65. The van der Waals surface area contributed by atoms with Crippen molar-refractivity contribution in [3.8, 4) is 5.69 Å². The molecule has 0 spiro atoms. The van der Waals surface area contributed by atoms with E-state index in [1.54, 1.807) is 0 Å². The van der Waals surface area contributed by atoms with Crippen LogP contribution in [0.2, 0.25) is 0 Å². The Kier molecular flexibility index (Phi) is 3.32. The Bertz CT molecular complexity index is 645. The third-order valence-electron chi connectivity index (χ3n) is 3.80. The first-order valence-electron chi connectivity index (χ1n) is 6.99. The van der Waals surface area contributed by atoms with Crippen LogP contribution in [0.3, 0.4) is 0 Å². The zero-order valence-corrected chi connectivity index (χ0v) is 11.6. The second-order valence-electron chi connectivity index (χ2n) is 5.32. The lowest BCUT2D eigenvalue weighted by Gasteiger charge is -2.21. The minimum Gasteiger partial charge on any atom is -0.326 e. The molecule has 0 saturated heterocycles. The van der Waals surface area contributed by atoms with Crippen LogP contribution in [0.15, 0.2) is 36.5 Å². The van der Waals surface area contributed by atoms with Gasteiger partial charge in [0.25, 0.3) is 0 Å². The van der Waals surface area contributed by atoms with Gasteiger partial charge < -0.3 is 15.6 Å². The van der Waals surface area contributed by atoms with Crippen molar-refractivity contribution in [2.45, 2.75) is 32.2 Å². The first kappa shape index (κ1) is 12.9. The number of hydrogen-bond acceptors (Lipinski definition) is 2. The largest absolute Gasteiger partial charge is 0.326 e. The van der Waals surface area contributed by atoms with Gasteiger partial charge in [0.05, 0.1) is 0 Å². The zero-order valence-electron chi connectivity index (χ0n) is 11.6. The predicted molar refractivity (Wildman–Crippen MR) is 79.9 cm³/mol. The number of nitrogens with two attached hydrogens (primary N) is 1. The molecule has 1 aliphatic carbocycles. The molecule has 1 aromatic carbocycles. The third kappa shape index (κ3) is 2.34. The van der Waals surface area contributed by atoms with Gasteiger partial charge in [0.1, 0.15) is 0 Å². The number of hydrogen-bond donors (Lipinski definition) is 2. The molecule has 0 radical (unpaired) electrons. The summed E-state index contributed by atoms with van der Waals surface area (Å²) in [7, 11) is 0. The van der Waals surface area contributed by atoms with Crippen LogP contribution in [0, 0.1) is 0 Å². The molecule has 0 bridgehead atoms. The summed E-state index contributed by atoms with van der Waals surface area (Å²) in [6.45, 7) is 1.52. The third-order valence-corrected chi connectivity index (χ3v) is 3.80. The molecule has 0 fully saturated rings. The molecule has 0 saturated carbocycles. The maximum atomic E-state index is 11.2. The van der Waals surface area contributed by atoms with Crippen LogP contribution in [0.5, 0.6) is 0 Å². The summed E-state index contributed by atoms with van der Waals surface area (Å²) in [5.74, 6) is -0.0568. The van der Waals surface area contributed by atoms with Gasteiger partial charge in [-0.15, -0.1) is 0 Å². The van der Waals surface area contributed by atoms with Crippen LogP contribution in [-0.4, -0.2) is 10.5 Å². The standard InChI is InChI=1S/C16H19N3O/c1-11(20)18-12-4-2-5-13(10-12)19-9-8-14-15(17)6-3-7-16(14)19/h2,4-5,8-10,15H,3,6-7,17H2,1H3,(H,18,20). The highest BCUT2D eigenvalue weighted by Crippen LogP contribution is 2.31. The summed E-state index contributed by atoms with van der Waals surface area (Å²) in [5.41, 5.74) is 10.6. The molecule has 3 rings (SSSR count). The Morgan fingerprint density at radius 1 is 1.40 bits per heavy atom. The Hall–Kier alpha value is -2.07. The van der Waals surface area contributed by atoms with E-state index in [2.05, 4.69) is 22.1 Å². The number of fused-ring (bicyclic) bond motifs is 1. The first-order valence-corrected chi connectivity index (χ1v) is 6.99. The molecule has 104 valence electrons. The highest BCUT2D eigenvalue weighted by Gasteiger charge is 2.20. The number of benzene rings is 1. The van der Waals surface area contributed by atoms with E-state index in [0.29, 0.717) is 0 Å². The molecule has 20 heavy (non-hydrogen) atoms. The molecule has 4 nitrogen and oxygen atoms in total. The fraction of sp³-hybridized carbons (Fsp3) is 0.312. The molecule has 0 aliphatic heterocycles. The van der Waals surface area contributed by atoms with Gasteiger partial charge in [0.15, 0.2) is 0 Å². The fourth-order valence-electron chi connectivity index (χ4n) is 2.91. The summed E-state index contributed by atoms with van der Waals surface area (Å²) >= 11 is 0. The Morgan fingerprint density at radius 3 is 3.05 bits per heavy atom. The molecule has 3 N–H and O–H groups in total. The molecule has 4 heteroatoms. The second-order valence-corrected chi connectivity index (χ2v) is 5.32. The SMILES string of the molecule is CC(=O)Nc1cccc(-n2ccc3c2CCCC3N)c1. The average molecular weight is 269 g/mol. The molecule has 1 heterocycles. The van der Waals surface area contributed by atoms with Crippen LogP contribution in [0.25, 0.3) is 5.69 Å². The van der Waals surface area contributed by atoms with Gasteiger partial charge in [-0.05, 0) is 49.1 Å². The van der Waals surface area contributed by atoms with E-state index in [4.69, 9.17) is 5.73 Å². The zero-order chi connectivity index (χ0) is 14.1. The monoisotopic (exact) mass is 269 g/mol. The van der Waals surface area contributed by atoms with Gasteiger partial charge in [-0.25, -0.2) is 0 Å². The maximum absolute atomic E-state index is 11.2. The van der Waals surface area contributed by atoms with Crippen LogP contribution in [-0.2, 0) is 11.2 Å². The van der Waals surface area contributed by atoms with Gasteiger partial charge in [0.2, 0.25) is 5.91 Å². The van der Waals surface area contributed by atoms with Crippen LogP contribution in [0.1, 0.15) is 37.1 Å². The Morgan fingerprint density at radius 2 is 2.25 bits per heavy atom. The summed E-state index contributed by atoms with van der Waals surface area (Å²) in [4.78, 5) is 11.2. The van der Waals surface area contributed by atoms with Crippen molar-refractivity contribution in [3.63, 3.8) is 0 Å². The molecule has 1 unspecified atom stereocenters. The van der Waals surface area contributed by atoms with Gasteiger partial charge in [-0.2, -0.15) is 0 Å². The van der Waals surface area contributed by atoms with Crippen molar-refractivity contribution in [2.24, 2.45) is 5.73 Å². The van der Waals surface area contributed by atoms with E-state index in [-0.39, 0.29) is 11.9 Å². The van der Waals surface area contributed by atoms with E-state index in [9.17, 15) is 4.79 Å². The number of carbonyl (C=O) groups is 1. The number of amides is 1. The maximum Gasteiger partial charge on any atom is 0.221 e. The Labute approximate surface area is 118 Å². The summed E-state index contributed by atoms with van der Waals surface area (Å²) in [6.07, 6.45) is 5.32. The molecule has 1 amide bonds. The van der Waals surface area contributed by atoms with Crippen LogP contribution in [0.4, 0.5) is 5.69 Å². The van der Waals surface area contributed by atoms with Crippen LogP contribution >= 0.6 is 0 Å². The normalized spacial score (nSPS) is 17.6. The van der Waals surface area contributed by atoms with E-state index in [1.165, 1.54) is 18.2 Å². The van der Waals surface area contributed by atoms with Crippen molar-refractivity contribution in [2.75, 3.05) is 5.32 Å². The molecule has 2 aromatic rings. The molecule has 1 aromatic heterocycles. The van der Waals surface area contributed by atoms with E-state index >= 15 is 0 Å². The van der Waals surface area contributed by atoms with Gasteiger partial charge in [0, 0.05) is 36.2 Å². The number of aromatic nitrogens is 1. The summed E-state index contributed by atoms with van der Waals surface area (Å²) in [6, 6.07) is 10.2. The summed E-state index contributed by atoms with van der Waals surface area (Å²) in [5, 5.41) is 2.82. The van der Waals surface area contributed by atoms with Crippen molar-refractivity contribution < 1.29 is 4.79 Å². The topological polar surface area (TPSA) is 60.0 Å². The van der Waals surface area contributed by atoms with Gasteiger partial charge in [-0.3, -0.25) is 4.79 Å². The number of carbonyl (C=O) groups excluding carboxylic acids is 1. The van der Waals surface area contributed by atoms with E-state index in [1.807, 2.05) is 24.3 Å². The number of rotatable bonds is 2. The molecule has 1 atom stereocenters. The number of anilines is 1. The highest BCUT2D eigenvalue weighted by molar-refractivity contribution is 5.88. The van der Waals surface area contributed by atoms with Gasteiger partial charge >= 0.3 is 0 Å². The van der Waals surface area contributed by atoms with Crippen molar-refractivity contribution in [1.29, 1.82) is 0 Å². The van der Waals surface area contributed by atoms with Crippen molar-refractivity contribution >= 4 is 11.6 Å². The lowest BCUT2D eigenvalue weighted by atomic mass is 9.93. The smallest absolute Gasteiger partial charge is 0.221 e. The quantitative estimate of drug-likeness (QED) is 0.880. The van der Waals surface area contributed by atoms with Crippen LogP contribution < -0.4 is 11.1 Å². The molecular weight excluding hydrogens is 250 g/mol. The predicted octanol–water partition coefficient (Wildman–Crippen LogP) is 2.77. The summed E-state index contributed by atoms with van der Waals surface area (Å²) < 4.78 is 2.18. The lowest BCUT2D eigenvalue weighted by Crippen LogP contribution is -2.17.